The van der Waals surface area contributed by atoms with Crippen molar-refractivity contribution >= 4 is 43.9 Å². The van der Waals surface area contributed by atoms with Crippen molar-refractivity contribution in [1.82, 2.24) is 19.9 Å². The molecule has 262 valence electrons. The molecule has 0 spiro atoms. The van der Waals surface area contributed by atoms with Crippen LogP contribution in [0.4, 0.5) is 0 Å². The summed E-state index contributed by atoms with van der Waals surface area (Å²) in [4.78, 5) is 19.3. The zero-order valence-corrected chi connectivity index (χ0v) is 29.9. The van der Waals surface area contributed by atoms with Gasteiger partial charge in [-0.3, -0.25) is 4.98 Å². The minimum Gasteiger partial charge on any atom is -0.455 e. The normalized spacial score (nSPS) is 11.6. The fraction of sp³-hybridized carbons (Fsp3) is 0. The number of furan rings is 2. The van der Waals surface area contributed by atoms with E-state index >= 15 is 0 Å². The highest BCUT2D eigenvalue weighted by Crippen LogP contribution is 2.45. The molecule has 0 unspecified atom stereocenters. The Morgan fingerprint density at radius 2 is 0.911 bits per heavy atom. The molecule has 0 saturated heterocycles. The number of pyridine rings is 1. The van der Waals surface area contributed by atoms with E-state index in [0.717, 1.165) is 93.9 Å². The third kappa shape index (κ3) is 5.35. The summed E-state index contributed by atoms with van der Waals surface area (Å²) in [5.41, 5.74) is 12.3. The summed E-state index contributed by atoms with van der Waals surface area (Å²) in [5.74, 6) is 1.80. The molecule has 11 aromatic rings. The summed E-state index contributed by atoms with van der Waals surface area (Å²) in [6, 6.07) is 57.8. The van der Waals surface area contributed by atoms with Crippen molar-refractivity contribution in [3.05, 3.63) is 182 Å². The lowest BCUT2D eigenvalue weighted by atomic mass is 9.93. The van der Waals surface area contributed by atoms with E-state index in [2.05, 4.69) is 102 Å². The van der Waals surface area contributed by atoms with Crippen molar-refractivity contribution in [3.8, 4) is 67.5 Å². The average molecular weight is 719 g/mol. The van der Waals surface area contributed by atoms with Gasteiger partial charge in [-0.1, -0.05) is 140 Å². The number of aromatic nitrogens is 4. The van der Waals surface area contributed by atoms with E-state index in [-0.39, 0.29) is 0 Å². The van der Waals surface area contributed by atoms with Crippen LogP contribution in [-0.2, 0) is 0 Å². The van der Waals surface area contributed by atoms with E-state index in [1.807, 2.05) is 79.0 Å². The van der Waals surface area contributed by atoms with Gasteiger partial charge < -0.3 is 8.83 Å². The first-order valence-corrected chi connectivity index (χ1v) is 18.5. The van der Waals surface area contributed by atoms with Crippen molar-refractivity contribution in [2.45, 2.75) is 0 Å². The molecule has 0 atom stereocenters. The summed E-state index contributed by atoms with van der Waals surface area (Å²) in [6.45, 7) is 0. The Kier molecular flexibility index (Phi) is 7.38. The standard InChI is InChI=1S/C50H30N4O2/c1-2-11-32(12-3-1)48-52-49(54-50(53-48)35-14-8-13-34(29-35)36-15-10-28-51-30-36)33-24-22-31(23-25-33)37-26-27-39(45-42-17-5-7-21-44(42)56-47(37)45)41-19-9-18-40-38-16-4-6-20-43(38)55-46(40)41/h1-30H. The molecular formula is C50H30N4O2. The van der Waals surface area contributed by atoms with Crippen molar-refractivity contribution in [2.75, 3.05) is 0 Å². The molecule has 11 rings (SSSR count). The van der Waals surface area contributed by atoms with Crippen LogP contribution in [-0.4, -0.2) is 19.9 Å². The van der Waals surface area contributed by atoms with Crippen LogP contribution in [0.25, 0.3) is 111 Å². The molecule has 0 aliphatic heterocycles. The zero-order chi connectivity index (χ0) is 37.0. The largest absolute Gasteiger partial charge is 0.455 e. The highest BCUT2D eigenvalue weighted by Gasteiger charge is 2.21. The first-order chi connectivity index (χ1) is 27.7. The van der Waals surface area contributed by atoms with Crippen LogP contribution in [0.2, 0.25) is 0 Å². The fourth-order valence-electron chi connectivity index (χ4n) is 7.76. The van der Waals surface area contributed by atoms with Gasteiger partial charge in [0.1, 0.15) is 22.3 Å². The van der Waals surface area contributed by atoms with Crippen LogP contribution >= 0.6 is 0 Å². The summed E-state index contributed by atoms with van der Waals surface area (Å²) in [5, 5.41) is 4.31. The second-order valence-corrected chi connectivity index (χ2v) is 13.8. The number of hydrogen-bond acceptors (Lipinski definition) is 6. The Hall–Kier alpha value is -7.70. The minimum absolute atomic E-state index is 0.593. The molecule has 6 heteroatoms. The van der Waals surface area contributed by atoms with Crippen LogP contribution in [0.3, 0.4) is 0 Å². The molecule has 0 radical (unpaired) electrons. The number of rotatable bonds is 6. The number of fused-ring (bicyclic) bond motifs is 6. The maximum absolute atomic E-state index is 6.69. The zero-order valence-electron chi connectivity index (χ0n) is 29.9. The number of nitrogens with zero attached hydrogens (tertiary/aromatic N) is 4. The van der Waals surface area contributed by atoms with Gasteiger partial charge in [0.15, 0.2) is 17.5 Å². The molecule has 0 N–H and O–H groups in total. The molecule has 4 aromatic heterocycles. The number of para-hydroxylation sites is 3. The highest BCUT2D eigenvalue weighted by molar-refractivity contribution is 6.19. The smallest absolute Gasteiger partial charge is 0.164 e. The molecule has 6 nitrogen and oxygen atoms in total. The van der Waals surface area contributed by atoms with Gasteiger partial charge >= 0.3 is 0 Å². The van der Waals surface area contributed by atoms with E-state index in [9.17, 15) is 0 Å². The first-order valence-electron chi connectivity index (χ1n) is 18.5. The topological polar surface area (TPSA) is 77.8 Å². The van der Waals surface area contributed by atoms with E-state index in [0.29, 0.717) is 17.5 Å². The van der Waals surface area contributed by atoms with Crippen molar-refractivity contribution in [2.24, 2.45) is 0 Å². The highest BCUT2D eigenvalue weighted by atomic mass is 16.3. The van der Waals surface area contributed by atoms with Gasteiger partial charge in [0.05, 0.1) is 0 Å². The van der Waals surface area contributed by atoms with Gasteiger partial charge in [-0.2, -0.15) is 0 Å². The average Bonchev–Trinajstić information content (AvgIpc) is 3.86. The van der Waals surface area contributed by atoms with Gasteiger partial charge in [-0.05, 0) is 47.0 Å². The Labute approximate surface area is 321 Å². The van der Waals surface area contributed by atoms with Crippen LogP contribution < -0.4 is 0 Å². The first kappa shape index (κ1) is 31.8. The molecule has 0 bridgehead atoms. The maximum atomic E-state index is 6.69. The maximum Gasteiger partial charge on any atom is 0.164 e. The van der Waals surface area contributed by atoms with Crippen molar-refractivity contribution in [3.63, 3.8) is 0 Å². The van der Waals surface area contributed by atoms with Crippen LogP contribution in [0.5, 0.6) is 0 Å². The number of benzene rings is 7. The number of hydrogen-bond donors (Lipinski definition) is 0. The Bertz CT molecular complexity index is 3240. The monoisotopic (exact) mass is 718 g/mol. The van der Waals surface area contributed by atoms with Gasteiger partial charge in [0, 0.05) is 67.3 Å². The lowest BCUT2D eigenvalue weighted by molar-refractivity contribution is 0.669. The Morgan fingerprint density at radius 3 is 1.70 bits per heavy atom. The fourth-order valence-corrected chi connectivity index (χ4v) is 7.76. The summed E-state index contributed by atoms with van der Waals surface area (Å²) < 4.78 is 13.2. The van der Waals surface area contributed by atoms with Crippen LogP contribution in [0.15, 0.2) is 191 Å². The molecular weight excluding hydrogens is 689 g/mol. The van der Waals surface area contributed by atoms with Crippen LogP contribution in [0.1, 0.15) is 0 Å². The van der Waals surface area contributed by atoms with Gasteiger partial charge in [-0.25, -0.2) is 15.0 Å². The molecule has 0 aliphatic rings. The van der Waals surface area contributed by atoms with Gasteiger partial charge in [-0.15, -0.1) is 0 Å². The van der Waals surface area contributed by atoms with Gasteiger partial charge in [0.25, 0.3) is 0 Å². The molecule has 4 heterocycles. The summed E-state index contributed by atoms with van der Waals surface area (Å²) in [7, 11) is 0. The minimum atomic E-state index is 0.593. The molecule has 0 saturated carbocycles. The molecule has 0 aliphatic carbocycles. The third-order valence-electron chi connectivity index (χ3n) is 10.5. The molecule has 0 fully saturated rings. The SMILES string of the molecule is c1ccc(-c2nc(-c3ccc(-c4ccc(-c5cccc6c5oc5ccccc56)c5c4oc4ccccc45)cc3)nc(-c3cccc(-c4cccnc4)c3)n2)cc1. The van der Waals surface area contributed by atoms with Crippen LogP contribution in [0, 0.1) is 0 Å². The van der Waals surface area contributed by atoms with E-state index in [1.165, 1.54) is 0 Å². The summed E-state index contributed by atoms with van der Waals surface area (Å²) in [6.07, 6.45) is 3.64. The van der Waals surface area contributed by atoms with E-state index in [4.69, 9.17) is 23.8 Å². The lowest BCUT2D eigenvalue weighted by Gasteiger charge is -2.11. The van der Waals surface area contributed by atoms with Crippen molar-refractivity contribution < 1.29 is 8.83 Å². The molecule has 0 amide bonds. The second kappa shape index (κ2) is 13.0. The second-order valence-electron chi connectivity index (χ2n) is 13.8. The van der Waals surface area contributed by atoms with Crippen molar-refractivity contribution in [1.29, 1.82) is 0 Å². The van der Waals surface area contributed by atoms with E-state index < -0.39 is 0 Å². The predicted molar refractivity (Wildman–Crippen MR) is 225 cm³/mol. The van der Waals surface area contributed by atoms with E-state index in [1.54, 1.807) is 6.20 Å². The lowest BCUT2D eigenvalue weighted by Crippen LogP contribution is -2.00. The van der Waals surface area contributed by atoms with Gasteiger partial charge in [0.2, 0.25) is 0 Å². The third-order valence-corrected chi connectivity index (χ3v) is 10.5. The summed E-state index contributed by atoms with van der Waals surface area (Å²) >= 11 is 0. The Balaban J connectivity index is 1.03. The molecule has 56 heavy (non-hydrogen) atoms. The molecule has 7 aromatic carbocycles. The predicted octanol–water partition coefficient (Wildman–Crippen LogP) is 13.1. The Morgan fingerprint density at radius 1 is 0.339 bits per heavy atom. The quantitative estimate of drug-likeness (QED) is 0.170.